The van der Waals surface area contributed by atoms with E-state index in [4.69, 9.17) is 0 Å². The highest BCUT2D eigenvalue weighted by molar-refractivity contribution is 5.81. The molecule has 1 aliphatic heterocycles. The Bertz CT molecular complexity index is 137. The highest BCUT2D eigenvalue weighted by atomic mass is 16.2. The fourth-order valence-corrected chi connectivity index (χ4v) is 1.17. The maximum absolute atomic E-state index is 10.6. The van der Waals surface area contributed by atoms with Gasteiger partial charge in [-0.3, -0.25) is 4.79 Å². The molecule has 1 atom stereocenters. The van der Waals surface area contributed by atoms with Crippen molar-refractivity contribution in [1.82, 2.24) is 5.32 Å². The van der Waals surface area contributed by atoms with E-state index < -0.39 is 0 Å². The van der Waals surface area contributed by atoms with Gasteiger partial charge in [-0.25, -0.2) is 0 Å². The van der Waals surface area contributed by atoms with Crippen LogP contribution in [-0.4, -0.2) is 11.4 Å². The van der Waals surface area contributed by atoms with E-state index in [-0.39, 0.29) is 11.4 Å². The van der Waals surface area contributed by atoms with Crippen LogP contribution in [0.4, 0.5) is 0 Å². The van der Waals surface area contributed by atoms with Gasteiger partial charge in [-0.15, -0.1) is 0 Å². The maximum atomic E-state index is 10.6. The number of carbonyl (C=O) groups is 1. The predicted molar refractivity (Wildman–Crippen MR) is 29.0 cm³/mol. The summed E-state index contributed by atoms with van der Waals surface area (Å²) < 4.78 is 0. The van der Waals surface area contributed by atoms with Crippen LogP contribution in [0.15, 0.2) is 0 Å². The summed E-state index contributed by atoms with van der Waals surface area (Å²) in [5.74, 6) is 0.221. The van der Waals surface area contributed by atoms with E-state index in [2.05, 4.69) is 11.7 Å². The summed E-state index contributed by atoms with van der Waals surface area (Å²) in [5.41, 5.74) is 0.192. The van der Waals surface area contributed by atoms with Crippen LogP contribution < -0.4 is 5.32 Å². The fraction of sp³-hybridized carbons (Fsp3) is 0.667. The van der Waals surface area contributed by atoms with Crippen molar-refractivity contribution in [2.75, 3.05) is 0 Å². The lowest BCUT2D eigenvalue weighted by Gasteiger charge is -2.01. The van der Waals surface area contributed by atoms with E-state index in [1.165, 1.54) is 0 Å². The van der Waals surface area contributed by atoms with Gasteiger partial charge in [-0.2, -0.15) is 0 Å². The monoisotopic (exact) mass is 110 g/mol. The summed E-state index contributed by atoms with van der Waals surface area (Å²) in [5, 5.41) is 2.91. The fourth-order valence-electron chi connectivity index (χ4n) is 1.17. The highest BCUT2D eigenvalue weighted by Crippen LogP contribution is 2.41. The third-order valence-electron chi connectivity index (χ3n) is 1.88. The van der Waals surface area contributed by atoms with Crippen LogP contribution in [0.2, 0.25) is 0 Å². The van der Waals surface area contributed by atoms with Crippen molar-refractivity contribution < 1.29 is 4.79 Å². The van der Waals surface area contributed by atoms with Crippen molar-refractivity contribution in [3.63, 3.8) is 0 Å². The predicted octanol–water partition coefficient (Wildman–Crippen LogP) is 0.243. The van der Waals surface area contributed by atoms with Crippen LogP contribution in [0.3, 0.4) is 0 Å². The summed E-state index contributed by atoms with van der Waals surface area (Å²) in [6, 6.07) is 0. The largest absolute Gasteiger partial charge is 0.350 e. The Morgan fingerprint density at radius 2 is 2.50 bits per heavy atom. The second-order valence-corrected chi connectivity index (χ2v) is 2.61. The summed E-state index contributed by atoms with van der Waals surface area (Å²) in [6.45, 7) is 0. The first-order valence-electron chi connectivity index (χ1n) is 2.96. The second kappa shape index (κ2) is 1.07. The second-order valence-electron chi connectivity index (χ2n) is 2.61. The molecule has 0 aromatic heterocycles. The molecule has 1 saturated heterocycles. The Balaban J connectivity index is 2.13. The molecule has 8 heavy (non-hydrogen) atoms. The Kier molecular flexibility index (Phi) is 0.581. The molecule has 43 valence electrons. The molecule has 2 nitrogen and oxygen atoms in total. The topological polar surface area (TPSA) is 29.1 Å². The Hall–Kier alpha value is -0.530. The quantitative estimate of drug-likeness (QED) is 0.475. The minimum absolute atomic E-state index is 0.192. The zero-order valence-corrected chi connectivity index (χ0v) is 4.61. The molecular weight excluding hydrogens is 102 g/mol. The molecule has 0 aromatic carbocycles. The number of amides is 1. The molecule has 1 saturated carbocycles. The summed E-state index contributed by atoms with van der Waals surface area (Å²) in [4.78, 5) is 10.6. The normalized spacial score (nSPS) is 30.8. The molecule has 1 heterocycles. The Labute approximate surface area is 48.3 Å². The molecule has 1 spiro atoms. The van der Waals surface area contributed by atoms with E-state index >= 15 is 0 Å². The Morgan fingerprint density at radius 1 is 1.75 bits per heavy atom. The van der Waals surface area contributed by atoms with Crippen LogP contribution in [0.1, 0.15) is 19.3 Å². The molecule has 1 aliphatic carbocycles. The lowest BCUT2D eigenvalue weighted by atomic mass is 10.2. The lowest BCUT2D eigenvalue weighted by Crippen LogP contribution is -2.26. The van der Waals surface area contributed by atoms with Crippen molar-refractivity contribution in [2.45, 2.75) is 24.8 Å². The average Bonchev–Trinajstić information content (AvgIpc) is 2.34. The van der Waals surface area contributed by atoms with Crippen molar-refractivity contribution >= 4 is 5.91 Å². The Morgan fingerprint density at radius 3 is 2.75 bits per heavy atom. The van der Waals surface area contributed by atoms with Crippen LogP contribution in [0.25, 0.3) is 0 Å². The van der Waals surface area contributed by atoms with Crippen molar-refractivity contribution in [3.8, 4) is 0 Å². The third kappa shape index (κ3) is 0.457. The molecule has 1 radical (unpaired) electrons. The van der Waals surface area contributed by atoms with Gasteiger partial charge in [0.15, 0.2) is 0 Å². The van der Waals surface area contributed by atoms with E-state index in [1.807, 2.05) is 0 Å². The van der Waals surface area contributed by atoms with Gasteiger partial charge in [-0.05, 0) is 19.3 Å². The smallest absolute Gasteiger partial charge is 0.220 e. The lowest BCUT2D eigenvalue weighted by molar-refractivity contribution is -0.119. The average molecular weight is 110 g/mol. The molecule has 1 N–H and O–H groups in total. The van der Waals surface area contributed by atoms with Crippen LogP contribution >= 0.6 is 0 Å². The minimum Gasteiger partial charge on any atom is -0.350 e. The SMILES string of the molecule is O=C1CCC2([CH]C2)N1. The van der Waals surface area contributed by atoms with E-state index in [1.54, 1.807) is 0 Å². The van der Waals surface area contributed by atoms with Crippen LogP contribution in [0, 0.1) is 6.42 Å². The number of nitrogens with one attached hydrogen (secondary N) is 1. The van der Waals surface area contributed by atoms with Gasteiger partial charge in [0.25, 0.3) is 0 Å². The first kappa shape index (κ1) is 4.36. The summed E-state index contributed by atoms with van der Waals surface area (Å²) in [6.07, 6.45) is 5.03. The molecular formula is C6H8NO. The molecule has 1 amide bonds. The highest BCUT2D eigenvalue weighted by Gasteiger charge is 2.47. The van der Waals surface area contributed by atoms with E-state index in [0.29, 0.717) is 0 Å². The number of hydrogen-bond acceptors (Lipinski definition) is 1. The molecule has 0 aromatic rings. The van der Waals surface area contributed by atoms with Gasteiger partial charge in [0.2, 0.25) is 5.91 Å². The summed E-state index contributed by atoms with van der Waals surface area (Å²) in [7, 11) is 0. The standard InChI is InChI=1S/C6H8NO/c8-5-1-2-6(7-5)3-4-6/h3H,1-2,4H2,(H,7,8). The van der Waals surface area contributed by atoms with Crippen molar-refractivity contribution in [3.05, 3.63) is 6.42 Å². The third-order valence-corrected chi connectivity index (χ3v) is 1.88. The number of hydrogen-bond donors (Lipinski definition) is 1. The van der Waals surface area contributed by atoms with Gasteiger partial charge in [-0.1, -0.05) is 0 Å². The zero-order chi connectivity index (χ0) is 5.61. The molecule has 1 unspecified atom stereocenters. The molecule has 2 fully saturated rings. The van der Waals surface area contributed by atoms with Gasteiger partial charge >= 0.3 is 0 Å². The van der Waals surface area contributed by atoms with E-state index in [9.17, 15) is 4.79 Å². The van der Waals surface area contributed by atoms with E-state index in [0.717, 1.165) is 19.3 Å². The molecule has 0 bridgehead atoms. The van der Waals surface area contributed by atoms with Gasteiger partial charge in [0, 0.05) is 12.0 Å². The van der Waals surface area contributed by atoms with Crippen molar-refractivity contribution in [2.24, 2.45) is 0 Å². The van der Waals surface area contributed by atoms with Gasteiger partial charge < -0.3 is 5.32 Å². The summed E-state index contributed by atoms with van der Waals surface area (Å²) >= 11 is 0. The maximum Gasteiger partial charge on any atom is 0.220 e. The van der Waals surface area contributed by atoms with Gasteiger partial charge in [0.05, 0.1) is 0 Å². The first-order chi connectivity index (χ1) is 3.81. The zero-order valence-electron chi connectivity index (χ0n) is 4.61. The number of carbonyl (C=O) groups excluding carboxylic acids is 1. The van der Waals surface area contributed by atoms with Gasteiger partial charge in [0.1, 0.15) is 0 Å². The molecule has 2 heteroatoms. The first-order valence-corrected chi connectivity index (χ1v) is 2.96. The molecule has 2 rings (SSSR count). The number of rotatable bonds is 0. The minimum atomic E-state index is 0.192. The molecule has 2 aliphatic rings. The van der Waals surface area contributed by atoms with Crippen molar-refractivity contribution in [1.29, 1.82) is 0 Å². The van der Waals surface area contributed by atoms with Crippen LogP contribution in [0.5, 0.6) is 0 Å². The van der Waals surface area contributed by atoms with Crippen LogP contribution in [-0.2, 0) is 4.79 Å².